The summed E-state index contributed by atoms with van der Waals surface area (Å²) in [5.41, 5.74) is 9.51. The molecule has 0 radical (unpaired) electrons. The number of rotatable bonds is 3. The van der Waals surface area contributed by atoms with Crippen molar-refractivity contribution in [1.29, 1.82) is 0 Å². The molecule has 0 heterocycles. The van der Waals surface area contributed by atoms with E-state index in [0.717, 1.165) is 12.8 Å². The minimum atomic E-state index is 0.0498. The second-order valence-electron chi connectivity index (χ2n) is 5.98. The van der Waals surface area contributed by atoms with Crippen molar-refractivity contribution >= 4 is 0 Å². The monoisotopic (exact) mass is 245 g/mol. The molecule has 1 nitrogen and oxygen atoms in total. The Hall–Kier alpha value is -0.820. The summed E-state index contributed by atoms with van der Waals surface area (Å²) < 4.78 is 0. The van der Waals surface area contributed by atoms with Crippen LogP contribution in [0.1, 0.15) is 63.0 Å². The lowest BCUT2D eigenvalue weighted by Crippen LogP contribution is -2.42. The average Bonchev–Trinajstić information content (AvgIpc) is 2.36. The SMILES string of the molecule is CCc1ccc(CC2(N)CCCCCCC2)cc1. The molecule has 0 unspecified atom stereocenters. The first-order chi connectivity index (χ1) is 8.72. The van der Waals surface area contributed by atoms with Crippen LogP contribution in [0.4, 0.5) is 0 Å². The molecule has 100 valence electrons. The topological polar surface area (TPSA) is 26.0 Å². The maximum Gasteiger partial charge on any atom is 0.0195 e. The number of nitrogens with two attached hydrogens (primary N) is 1. The minimum Gasteiger partial charge on any atom is -0.325 e. The summed E-state index contributed by atoms with van der Waals surface area (Å²) in [5.74, 6) is 0. The molecule has 0 aromatic heterocycles. The molecule has 1 aromatic carbocycles. The summed E-state index contributed by atoms with van der Waals surface area (Å²) in [6.07, 6.45) is 11.3. The molecule has 1 heteroatoms. The first kappa shape index (κ1) is 13.6. The molecule has 1 aromatic rings. The predicted octanol–water partition coefficient (Wildman–Crippen LogP) is 4.23. The normalized spacial score (nSPS) is 20.1. The van der Waals surface area contributed by atoms with Crippen LogP contribution in [0.5, 0.6) is 0 Å². The van der Waals surface area contributed by atoms with Gasteiger partial charge in [-0.15, -0.1) is 0 Å². The minimum absolute atomic E-state index is 0.0498. The van der Waals surface area contributed by atoms with Gasteiger partial charge >= 0.3 is 0 Å². The number of aryl methyl sites for hydroxylation is 1. The molecule has 1 saturated carbocycles. The highest BCUT2D eigenvalue weighted by atomic mass is 14.7. The summed E-state index contributed by atoms with van der Waals surface area (Å²) in [6, 6.07) is 9.04. The van der Waals surface area contributed by atoms with Crippen LogP contribution < -0.4 is 5.73 Å². The lowest BCUT2D eigenvalue weighted by atomic mass is 9.80. The third kappa shape index (κ3) is 3.84. The fourth-order valence-corrected chi connectivity index (χ4v) is 3.09. The zero-order valence-corrected chi connectivity index (χ0v) is 11.8. The van der Waals surface area contributed by atoms with E-state index in [0.29, 0.717) is 0 Å². The second-order valence-corrected chi connectivity index (χ2v) is 5.98. The van der Waals surface area contributed by atoms with E-state index in [1.165, 1.54) is 56.1 Å². The number of hydrogen-bond acceptors (Lipinski definition) is 1. The Morgan fingerprint density at radius 1 is 0.889 bits per heavy atom. The molecule has 0 atom stereocenters. The molecule has 0 amide bonds. The standard InChI is InChI=1S/C17H27N/c1-2-15-8-10-16(11-9-15)14-17(18)12-6-4-3-5-7-13-17/h8-11H,2-7,12-14,18H2,1H3. The van der Waals surface area contributed by atoms with Crippen molar-refractivity contribution in [2.75, 3.05) is 0 Å². The second kappa shape index (κ2) is 6.38. The van der Waals surface area contributed by atoms with Gasteiger partial charge in [-0.3, -0.25) is 0 Å². The van der Waals surface area contributed by atoms with E-state index >= 15 is 0 Å². The van der Waals surface area contributed by atoms with Crippen LogP contribution in [0.3, 0.4) is 0 Å². The maximum absolute atomic E-state index is 6.63. The van der Waals surface area contributed by atoms with Crippen LogP contribution in [0.2, 0.25) is 0 Å². The van der Waals surface area contributed by atoms with Gasteiger partial charge in [0, 0.05) is 5.54 Å². The van der Waals surface area contributed by atoms with Gasteiger partial charge < -0.3 is 5.73 Å². The molecule has 1 aliphatic rings. The van der Waals surface area contributed by atoms with Crippen molar-refractivity contribution in [1.82, 2.24) is 0 Å². The number of benzene rings is 1. The van der Waals surface area contributed by atoms with E-state index in [4.69, 9.17) is 5.73 Å². The summed E-state index contributed by atoms with van der Waals surface area (Å²) >= 11 is 0. The third-order valence-corrected chi connectivity index (χ3v) is 4.34. The molecular formula is C17H27N. The van der Waals surface area contributed by atoms with Crippen LogP contribution in [-0.2, 0) is 12.8 Å². The van der Waals surface area contributed by atoms with Gasteiger partial charge in [-0.2, -0.15) is 0 Å². The van der Waals surface area contributed by atoms with E-state index in [2.05, 4.69) is 31.2 Å². The molecule has 18 heavy (non-hydrogen) atoms. The van der Waals surface area contributed by atoms with Gasteiger partial charge in [-0.1, -0.05) is 63.3 Å². The van der Waals surface area contributed by atoms with Crippen molar-refractivity contribution in [2.24, 2.45) is 5.73 Å². The van der Waals surface area contributed by atoms with E-state index < -0.39 is 0 Å². The van der Waals surface area contributed by atoms with Gasteiger partial charge in [-0.25, -0.2) is 0 Å². The Kier molecular flexibility index (Phi) is 4.82. The molecule has 0 aliphatic heterocycles. The van der Waals surface area contributed by atoms with Gasteiger partial charge in [0.25, 0.3) is 0 Å². The zero-order chi connectivity index (χ0) is 12.8. The van der Waals surface area contributed by atoms with E-state index in [9.17, 15) is 0 Å². The molecule has 2 rings (SSSR count). The molecule has 0 bridgehead atoms. The average molecular weight is 245 g/mol. The zero-order valence-electron chi connectivity index (χ0n) is 11.8. The highest BCUT2D eigenvalue weighted by Crippen LogP contribution is 2.27. The first-order valence-electron chi connectivity index (χ1n) is 7.58. The van der Waals surface area contributed by atoms with Gasteiger partial charge in [0.1, 0.15) is 0 Å². The largest absolute Gasteiger partial charge is 0.325 e. The van der Waals surface area contributed by atoms with Crippen molar-refractivity contribution in [3.8, 4) is 0 Å². The van der Waals surface area contributed by atoms with Gasteiger partial charge in [-0.05, 0) is 36.8 Å². The third-order valence-electron chi connectivity index (χ3n) is 4.34. The van der Waals surface area contributed by atoms with Crippen molar-refractivity contribution in [3.05, 3.63) is 35.4 Å². The number of hydrogen-bond donors (Lipinski definition) is 1. The predicted molar refractivity (Wildman–Crippen MR) is 78.8 cm³/mol. The molecule has 1 aliphatic carbocycles. The van der Waals surface area contributed by atoms with Crippen LogP contribution in [0.25, 0.3) is 0 Å². The molecular weight excluding hydrogens is 218 g/mol. The summed E-state index contributed by atoms with van der Waals surface area (Å²) in [7, 11) is 0. The molecule has 1 fully saturated rings. The first-order valence-corrected chi connectivity index (χ1v) is 7.58. The lowest BCUT2D eigenvalue weighted by Gasteiger charge is -2.31. The Morgan fingerprint density at radius 3 is 1.94 bits per heavy atom. The van der Waals surface area contributed by atoms with Gasteiger partial charge in [0.05, 0.1) is 0 Å². The van der Waals surface area contributed by atoms with Crippen LogP contribution in [0, 0.1) is 0 Å². The molecule has 0 spiro atoms. The molecule has 2 N–H and O–H groups in total. The fraction of sp³-hybridized carbons (Fsp3) is 0.647. The summed E-state index contributed by atoms with van der Waals surface area (Å²) in [5, 5.41) is 0. The highest BCUT2D eigenvalue weighted by molar-refractivity contribution is 5.24. The smallest absolute Gasteiger partial charge is 0.0195 e. The van der Waals surface area contributed by atoms with Crippen molar-refractivity contribution in [3.63, 3.8) is 0 Å². The van der Waals surface area contributed by atoms with E-state index in [1.807, 2.05) is 0 Å². The highest BCUT2D eigenvalue weighted by Gasteiger charge is 2.25. The van der Waals surface area contributed by atoms with Gasteiger partial charge in [0.2, 0.25) is 0 Å². The van der Waals surface area contributed by atoms with Crippen LogP contribution in [0.15, 0.2) is 24.3 Å². The Labute approximate surface area is 112 Å². The summed E-state index contributed by atoms with van der Waals surface area (Å²) in [6.45, 7) is 2.20. The van der Waals surface area contributed by atoms with E-state index in [-0.39, 0.29) is 5.54 Å². The maximum atomic E-state index is 6.63. The quantitative estimate of drug-likeness (QED) is 0.847. The van der Waals surface area contributed by atoms with Crippen molar-refractivity contribution < 1.29 is 0 Å². The Balaban J connectivity index is 2.00. The Morgan fingerprint density at radius 2 is 1.39 bits per heavy atom. The lowest BCUT2D eigenvalue weighted by molar-refractivity contribution is 0.314. The van der Waals surface area contributed by atoms with Crippen LogP contribution in [-0.4, -0.2) is 5.54 Å². The Bertz CT molecular complexity index is 344. The van der Waals surface area contributed by atoms with Crippen molar-refractivity contribution in [2.45, 2.75) is 70.3 Å². The fourth-order valence-electron chi connectivity index (χ4n) is 3.09. The summed E-state index contributed by atoms with van der Waals surface area (Å²) in [4.78, 5) is 0. The van der Waals surface area contributed by atoms with Gasteiger partial charge in [0.15, 0.2) is 0 Å². The molecule has 0 saturated heterocycles. The van der Waals surface area contributed by atoms with Crippen LogP contribution >= 0.6 is 0 Å². The van der Waals surface area contributed by atoms with E-state index in [1.54, 1.807) is 0 Å².